The highest BCUT2D eigenvalue weighted by atomic mass is 31.2. The lowest BCUT2D eigenvalue weighted by molar-refractivity contribution is -0.155. The Kier molecular flexibility index (Phi) is 7.14. The monoisotopic (exact) mass is 504 g/mol. The lowest BCUT2D eigenvalue weighted by atomic mass is 10.1. The number of rotatable bonds is 8. The fraction of sp³-hybridized carbons (Fsp3) is 0.647. The number of imidazole rings is 1. The summed E-state index contributed by atoms with van der Waals surface area (Å²) in [7, 11) is -5.03. The van der Waals surface area contributed by atoms with E-state index in [-0.39, 0.29) is 29.4 Å². The molecule has 6 atom stereocenters. The zero-order valence-corrected chi connectivity index (χ0v) is 18.8. The molecule has 2 aromatic rings. The topological polar surface area (TPSA) is 234 Å². The molecule has 16 nitrogen and oxygen atoms in total. The maximum atomic E-state index is 11.9. The van der Waals surface area contributed by atoms with Crippen molar-refractivity contribution in [1.29, 1.82) is 0 Å². The highest BCUT2D eigenvalue weighted by molar-refractivity contribution is 7.53. The largest absolute Gasteiger partial charge is 0.464 e. The Morgan fingerprint density at radius 3 is 2.79 bits per heavy atom. The van der Waals surface area contributed by atoms with Gasteiger partial charge in [0.1, 0.15) is 23.8 Å². The van der Waals surface area contributed by atoms with E-state index in [2.05, 4.69) is 25.0 Å². The Morgan fingerprint density at radius 2 is 2.15 bits per heavy atom. The van der Waals surface area contributed by atoms with E-state index in [4.69, 9.17) is 19.9 Å². The molecule has 1 unspecified atom stereocenters. The molecule has 0 bridgehead atoms. The van der Waals surface area contributed by atoms with Crippen LogP contribution < -0.4 is 11.1 Å². The van der Waals surface area contributed by atoms with E-state index in [0.717, 1.165) is 0 Å². The summed E-state index contributed by atoms with van der Waals surface area (Å²) in [5.74, 6) is -3.15. The van der Waals surface area contributed by atoms with Crippen molar-refractivity contribution >= 4 is 30.5 Å². The molecule has 0 spiro atoms. The highest BCUT2D eigenvalue weighted by Gasteiger charge is 2.46. The Morgan fingerprint density at radius 1 is 1.38 bits per heavy atom. The zero-order chi connectivity index (χ0) is 24.6. The van der Waals surface area contributed by atoms with Gasteiger partial charge in [0.05, 0.1) is 26.1 Å². The van der Waals surface area contributed by atoms with Crippen LogP contribution in [0.15, 0.2) is 6.33 Å². The molecule has 0 aromatic carbocycles. The number of nitrogen functional groups attached to an aromatic ring is 1. The van der Waals surface area contributed by atoms with E-state index in [0.29, 0.717) is 13.2 Å². The maximum absolute atomic E-state index is 11.9. The minimum Gasteiger partial charge on any atom is -0.464 e. The van der Waals surface area contributed by atoms with Crippen molar-refractivity contribution in [3.8, 4) is 0 Å². The normalized spacial score (nSPS) is 28.4. The van der Waals surface area contributed by atoms with Crippen LogP contribution in [0.1, 0.15) is 25.2 Å². The van der Waals surface area contributed by atoms with Gasteiger partial charge >= 0.3 is 13.6 Å². The van der Waals surface area contributed by atoms with Crippen LogP contribution in [0.2, 0.25) is 0 Å². The van der Waals surface area contributed by atoms with Crippen LogP contribution in [0.5, 0.6) is 0 Å². The number of fused-ring (bicyclic) bond motifs is 1. The van der Waals surface area contributed by atoms with Gasteiger partial charge in [0.15, 0.2) is 29.7 Å². The van der Waals surface area contributed by atoms with Crippen LogP contribution in [0.3, 0.4) is 0 Å². The minimum absolute atomic E-state index is 0.0721. The number of hydrogen-bond acceptors (Lipinski definition) is 13. The van der Waals surface area contributed by atoms with Crippen molar-refractivity contribution in [2.45, 2.75) is 43.5 Å². The van der Waals surface area contributed by atoms with E-state index in [1.807, 2.05) is 0 Å². The predicted molar refractivity (Wildman–Crippen MR) is 111 cm³/mol. The summed E-state index contributed by atoms with van der Waals surface area (Å²) in [5, 5.41) is 24.1. The second kappa shape index (κ2) is 9.77. The number of aliphatic hydroxyl groups is 2. The summed E-state index contributed by atoms with van der Waals surface area (Å²) >= 11 is 0. The first-order chi connectivity index (χ1) is 16.1. The maximum Gasteiger partial charge on any atom is 0.365 e. The van der Waals surface area contributed by atoms with E-state index in [9.17, 15) is 29.4 Å². The van der Waals surface area contributed by atoms with Gasteiger partial charge in [0, 0.05) is 6.54 Å². The average molecular weight is 504 g/mol. The highest BCUT2D eigenvalue weighted by Crippen LogP contribution is 2.43. The second-order valence-electron chi connectivity index (χ2n) is 7.57. The summed E-state index contributed by atoms with van der Waals surface area (Å²) in [6.07, 6.45) is -4.76. The van der Waals surface area contributed by atoms with Gasteiger partial charge in [-0.25, -0.2) is 19.7 Å². The molecule has 2 aliphatic heterocycles. The molecule has 34 heavy (non-hydrogen) atoms. The molecule has 0 saturated carbocycles. The van der Waals surface area contributed by atoms with Crippen molar-refractivity contribution in [3.05, 3.63) is 12.2 Å². The first kappa shape index (κ1) is 24.8. The van der Waals surface area contributed by atoms with Crippen LogP contribution in [-0.2, 0) is 28.3 Å². The standard InChI is InChI=1S/C17H25N6O10P/c1-2-30-16(26)17(34(27,28)29)32-5-7-9(24)10(25)15(33-7)23-6-20-8-11(18)21-12(22-13(8)23)14-19-3-4-31-14/h6-7,9-10,14-15,17,19,24-25H,2-5H2,1H3,(H2,18,21,22)(H2,27,28,29)/t7-,9-,10-,14?,15-,17+/m1/s1. The molecule has 0 radical (unpaired) electrons. The van der Waals surface area contributed by atoms with Crippen LogP contribution >= 0.6 is 7.60 Å². The van der Waals surface area contributed by atoms with Gasteiger partial charge in [-0.3, -0.25) is 14.4 Å². The van der Waals surface area contributed by atoms with Crippen LogP contribution in [0.25, 0.3) is 11.2 Å². The third-order valence-corrected chi connectivity index (χ3v) is 6.21. The van der Waals surface area contributed by atoms with Crippen LogP contribution in [0, 0.1) is 0 Å². The van der Waals surface area contributed by atoms with Crippen molar-refractivity contribution in [2.24, 2.45) is 0 Å². The van der Waals surface area contributed by atoms with E-state index >= 15 is 0 Å². The van der Waals surface area contributed by atoms with E-state index in [1.54, 1.807) is 0 Å². The Labute approximate surface area is 192 Å². The lowest BCUT2D eigenvalue weighted by Crippen LogP contribution is -2.36. The van der Waals surface area contributed by atoms with Crippen molar-refractivity contribution < 1.29 is 48.3 Å². The predicted octanol–water partition coefficient (Wildman–Crippen LogP) is -2.27. The van der Waals surface area contributed by atoms with Crippen LogP contribution in [0.4, 0.5) is 5.82 Å². The number of esters is 1. The van der Waals surface area contributed by atoms with Gasteiger partial charge in [0.25, 0.3) is 5.85 Å². The average Bonchev–Trinajstić information content (AvgIpc) is 3.49. The number of nitrogens with one attached hydrogen (secondary N) is 1. The molecule has 2 aliphatic rings. The van der Waals surface area contributed by atoms with Crippen LogP contribution in [-0.4, -0.2) is 96.0 Å². The Hall–Kier alpha value is -2.27. The van der Waals surface area contributed by atoms with E-state index in [1.165, 1.54) is 17.8 Å². The van der Waals surface area contributed by atoms with Gasteiger partial charge in [-0.1, -0.05) is 0 Å². The fourth-order valence-corrected chi connectivity index (χ4v) is 4.28. The lowest BCUT2D eigenvalue weighted by Gasteiger charge is -2.21. The third kappa shape index (κ3) is 4.77. The van der Waals surface area contributed by atoms with Gasteiger partial charge in [-0.15, -0.1) is 0 Å². The third-order valence-electron chi connectivity index (χ3n) is 5.24. The molecular weight excluding hydrogens is 479 g/mol. The number of hydrogen-bond donors (Lipinski definition) is 6. The molecule has 0 amide bonds. The molecule has 2 saturated heterocycles. The summed E-state index contributed by atoms with van der Waals surface area (Å²) in [4.78, 5) is 43.4. The number of aromatic nitrogens is 4. The molecule has 2 fully saturated rings. The SMILES string of the molecule is CCOC(=O)[C@@H](OC[C@H]1O[C@@H](n2cnc3c(N)nc(C4NCCO4)nc32)[C@H](O)[C@@H]1O)P(=O)(O)O. The smallest absolute Gasteiger partial charge is 0.365 e. The molecule has 188 valence electrons. The van der Waals surface area contributed by atoms with Crippen molar-refractivity contribution in [2.75, 3.05) is 32.1 Å². The zero-order valence-electron chi connectivity index (χ0n) is 17.9. The van der Waals surface area contributed by atoms with Gasteiger partial charge in [-0.2, -0.15) is 0 Å². The number of nitrogens with two attached hydrogens (primary N) is 1. The van der Waals surface area contributed by atoms with Crippen molar-refractivity contribution in [1.82, 2.24) is 24.8 Å². The quantitative estimate of drug-likeness (QED) is 0.164. The Balaban J connectivity index is 1.55. The molecular formula is C17H25N6O10P. The summed E-state index contributed by atoms with van der Waals surface area (Å²) in [6.45, 7) is 1.78. The van der Waals surface area contributed by atoms with Gasteiger partial charge in [0.2, 0.25) is 0 Å². The number of nitrogens with zero attached hydrogens (tertiary/aromatic N) is 4. The summed E-state index contributed by atoms with van der Waals surface area (Å²) < 4.78 is 33.8. The molecule has 2 aromatic heterocycles. The molecule has 0 aliphatic carbocycles. The molecule has 17 heteroatoms. The summed E-state index contributed by atoms with van der Waals surface area (Å²) in [6, 6.07) is 0. The number of aliphatic hydroxyl groups excluding tert-OH is 2. The molecule has 4 rings (SSSR count). The first-order valence-electron chi connectivity index (χ1n) is 10.3. The summed E-state index contributed by atoms with van der Waals surface area (Å²) in [5.41, 5.74) is 6.44. The van der Waals surface area contributed by atoms with Gasteiger partial charge < -0.3 is 44.7 Å². The number of carbonyl (C=O) groups is 1. The molecule has 7 N–H and O–H groups in total. The first-order valence-corrected chi connectivity index (χ1v) is 12.0. The molecule has 4 heterocycles. The van der Waals surface area contributed by atoms with Crippen molar-refractivity contribution in [3.63, 3.8) is 0 Å². The second-order valence-corrected chi connectivity index (χ2v) is 9.22. The fourth-order valence-electron chi connectivity index (χ4n) is 3.65. The Bertz CT molecular complexity index is 1090. The minimum atomic E-state index is -5.03. The number of ether oxygens (including phenoxy) is 4. The number of anilines is 1. The van der Waals surface area contributed by atoms with Gasteiger partial charge in [-0.05, 0) is 6.92 Å². The van der Waals surface area contributed by atoms with E-state index < -0.39 is 56.8 Å². The number of carbonyl (C=O) groups excluding carboxylic acids is 1.